The Morgan fingerprint density at radius 3 is 2.50 bits per heavy atom. The van der Waals surface area contributed by atoms with Crippen molar-refractivity contribution < 1.29 is 14.9 Å². The van der Waals surface area contributed by atoms with Gasteiger partial charge in [-0.1, -0.05) is 0 Å². The van der Waals surface area contributed by atoms with Gasteiger partial charge in [0.2, 0.25) is 11.9 Å². The lowest BCUT2D eigenvalue weighted by Crippen LogP contribution is -2.24. The molecule has 0 aliphatic rings. The average molecular weight is 258 g/mol. The normalized spacial score (nSPS) is 12.3. The maximum atomic E-state index is 9.21. The summed E-state index contributed by atoms with van der Waals surface area (Å²) in [5.41, 5.74) is 2.29. The summed E-state index contributed by atoms with van der Waals surface area (Å²) < 4.78 is 5.32. The minimum Gasteiger partial charge on any atom is -0.461 e. The molecule has 0 fully saturated rings. The molecule has 0 radical (unpaired) electrons. The average Bonchev–Trinajstić information content (AvgIpc) is 2.34. The first-order valence-electron chi connectivity index (χ1n) is 5.47. The topological polar surface area (TPSA) is 138 Å². The fourth-order valence-corrected chi connectivity index (χ4v) is 1.04. The van der Waals surface area contributed by atoms with Crippen molar-refractivity contribution in [1.29, 1.82) is 0 Å². The van der Waals surface area contributed by atoms with Gasteiger partial charge in [0, 0.05) is 6.54 Å². The molecule has 0 aliphatic carbocycles. The van der Waals surface area contributed by atoms with Crippen LogP contribution in [0.15, 0.2) is 0 Å². The van der Waals surface area contributed by atoms with E-state index in [0.29, 0.717) is 0 Å². The predicted octanol–water partition coefficient (Wildman–Crippen LogP) is -1.29. The number of nitrogen functional groups attached to an aromatic ring is 1. The SMILES string of the molecule is CC(C)Oc1nc(NN)nc(NCC(O)CO)n1. The van der Waals surface area contributed by atoms with E-state index in [0.717, 1.165) is 0 Å². The van der Waals surface area contributed by atoms with Crippen molar-refractivity contribution in [3.63, 3.8) is 0 Å². The molecule has 0 saturated heterocycles. The molecule has 6 N–H and O–H groups in total. The quantitative estimate of drug-likeness (QED) is 0.298. The lowest BCUT2D eigenvalue weighted by molar-refractivity contribution is 0.105. The monoisotopic (exact) mass is 258 g/mol. The zero-order valence-corrected chi connectivity index (χ0v) is 10.3. The summed E-state index contributed by atoms with van der Waals surface area (Å²) in [5.74, 6) is 5.56. The summed E-state index contributed by atoms with van der Waals surface area (Å²) in [5, 5.41) is 20.6. The van der Waals surface area contributed by atoms with Crippen LogP contribution in [0.3, 0.4) is 0 Å². The highest BCUT2D eigenvalue weighted by molar-refractivity contribution is 5.34. The molecule has 0 bridgehead atoms. The second-order valence-electron chi connectivity index (χ2n) is 3.79. The second-order valence-corrected chi connectivity index (χ2v) is 3.79. The molecule has 1 unspecified atom stereocenters. The lowest BCUT2D eigenvalue weighted by Gasteiger charge is -2.12. The van der Waals surface area contributed by atoms with E-state index in [1.807, 2.05) is 13.8 Å². The molecule has 1 aromatic rings. The molecule has 9 heteroatoms. The number of anilines is 2. The third-order valence-electron chi connectivity index (χ3n) is 1.79. The summed E-state index contributed by atoms with van der Waals surface area (Å²) in [6.45, 7) is 3.42. The van der Waals surface area contributed by atoms with E-state index in [1.54, 1.807) is 0 Å². The molecule has 9 nitrogen and oxygen atoms in total. The summed E-state index contributed by atoms with van der Waals surface area (Å²) in [6, 6.07) is 0.119. The number of aromatic nitrogens is 3. The highest BCUT2D eigenvalue weighted by Crippen LogP contribution is 2.11. The molecule has 1 heterocycles. The van der Waals surface area contributed by atoms with Gasteiger partial charge >= 0.3 is 6.01 Å². The first-order chi connectivity index (χ1) is 8.55. The molecular weight excluding hydrogens is 240 g/mol. The first-order valence-corrected chi connectivity index (χ1v) is 5.47. The minimum atomic E-state index is -0.898. The van der Waals surface area contributed by atoms with Gasteiger partial charge < -0.3 is 20.3 Å². The van der Waals surface area contributed by atoms with E-state index in [2.05, 4.69) is 25.7 Å². The Balaban J connectivity index is 2.76. The highest BCUT2D eigenvalue weighted by atomic mass is 16.5. The summed E-state index contributed by atoms with van der Waals surface area (Å²) in [6.07, 6.45) is -0.987. The summed E-state index contributed by atoms with van der Waals surface area (Å²) >= 11 is 0. The molecule has 1 atom stereocenters. The van der Waals surface area contributed by atoms with Crippen LogP contribution in [0.4, 0.5) is 11.9 Å². The van der Waals surface area contributed by atoms with Gasteiger partial charge in [0.25, 0.3) is 0 Å². The highest BCUT2D eigenvalue weighted by Gasteiger charge is 2.09. The molecule has 1 aromatic heterocycles. The third kappa shape index (κ3) is 4.65. The molecule has 18 heavy (non-hydrogen) atoms. The smallest absolute Gasteiger partial charge is 0.323 e. The number of hydrazine groups is 1. The van der Waals surface area contributed by atoms with Crippen LogP contribution in [0.2, 0.25) is 0 Å². The number of hydrogen-bond acceptors (Lipinski definition) is 9. The Labute approximate surface area is 104 Å². The predicted molar refractivity (Wildman–Crippen MR) is 65.0 cm³/mol. The Hall–Kier alpha value is -1.71. The number of ether oxygens (including phenoxy) is 1. The number of rotatable bonds is 7. The van der Waals surface area contributed by atoms with E-state index >= 15 is 0 Å². The van der Waals surface area contributed by atoms with Gasteiger partial charge in [0.05, 0.1) is 18.8 Å². The largest absolute Gasteiger partial charge is 0.461 e. The van der Waals surface area contributed by atoms with Gasteiger partial charge in [-0.25, -0.2) is 5.84 Å². The van der Waals surface area contributed by atoms with Gasteiger partial charge in [0.15, 0.2) is 0 Å². The molecule has 102 valence electrons. The third-order valence-corrected chi connectivity index (χ3v) is 1.79. The number of nitrogens with one attached hydrogen (secondary N) is 2. The van der Waals surface area contributed by atoms with Crippen molar-refractivity contribution >= 4 is 11.9 Å². The van der Waals surface area contributed by atoms with E-state index in [1.165, 1.54) is 0 Å². The van der Waals surface area contributed by atoms with Crippen molar-refractivity contribution in [2.45, 2.75) is 26.1 Å². The number of nitrogens with zero attached hydrogens (tertiary/aromatic N) is 3. The summed E-state index contributed by atoms with van der Waals surface area (Å²) in [7, 11) is 0. The summed E-state index contributed by atoms with van der Waals surface area (Å²) in [4.78, 5) is 11.8. The van der Waals surface area contributed by atoms with Gasteiger partial charge in [-0.05, 0) is 13.8 Å². The maximum absolute atomic E-state index is 9.21. The van der Waals surface area contributed by atoms with Crippen LogP contribution in [-0.2, 0) is 0 Å². The van der Waals surface area contributed by atoms with Gasteiger partial charge in [-0.2, -0.15) is 15.0 Å². The van der Waals surface area contributed by atoms with Crippen LogP contribution in [0.5, 0.6) is 6.01 Å². The maximum Gasteiger partial charge on any atom is 0.323 e. The molecular formula is C9H18N6O3. The Morgan fingerprint density at radius 1 is 1.28 bits per heavy atom. The Kier molecular flexibility index (Phi) is 5.49. The Morgan fingerprint density at radius 2 is 1.94 bits per heavy atom. The van der Waals surface area contributed by atoms with Gasteiger partial charge in [-0.3, -0.25) is 5.43 Å². The van der Waals surface area contributed by atoms with Gasteiger partial charge in [0.1, 0.15) is 0 Å². The van der Waals surface area contributed by atoms with E-state index in [4.69, 9.17) is 15.7 Å². The zero-order valence-electron chi connectivity index (χ0n) is 10.3. The first kappa shape index (κ1) is 14.4. The molecule has 1 rings (SSSR count). The van der Waals surface area contributed by atoms with Crippen molar-refractivity contribution in [2.24, 2.45) is 5.84 Å². The molecule has 0 amide bonds. The van der Waals surface area contributed by atoms with Crippen molar-refractivity contribution in [1.82, 2.24) is 15.0 Å². The molecule has 0 aliphatic heterocycles. The number of hydrogen-bond donors (Lipinski definition) is 5. The van der Waals surface area contributed by atoms with Crippen LogP contribution in [0.25, 0.3) is 0 Å². The minimum absolute atomic E-state index is 0.0890. The van der Waals surface area contributed by atoms with E-state index in [9.17, 15) is 5.11 Å². The molecule has 0 spiro atoms. The fourth-order valence-electron chi connectivity index (χ4n) is 1.04. The van der Waals surface area contributed by atoms with Crippen LogP contribution in [0.1, 0.15) is 13.8 Å². The van der Waals surface area contributed by atoms with Gasteiger partial charge in [-0.15, -0.1) is 0 Å². The standard InChI is InChI=1S/C9H18N6O3/c1-5(2)18-9-13-7(11-3-6(17)4-16)12-8(14-9)15-10/h5-6,16-17H,3-4,10H2,1-2H3,(H2,11,12,13,14,15). The van der Waals surface area contributed by atoms with E-state index < -0.39 is 6.10 Å². The number of nitrogens with two attached hydrogens (primary N) is 1. The van der Waals surface area contributed by atoms with Crippen molar-refractivity contribution in [3.05, 3.63) is 0 Å². The van der Waals surface area contributed by atoms with Crippen molar-refractivity contribution in [2.75, 3.05) is 23.9 Å². The fraction of sp³-hybridized carbons (Fsp3) is 0.667. The molecule has 0 aromatic carbocycles. The van der Waals surface area contributed by atoms with Crippen LogP contribution in [-0.4, -0.2) is 50.5 Å². The lowest BCUT2D eigenvalue weighted by atomic mass is 10.4. The number of aliphatic hydroxyl groups is 2. The second kappa shape index (κ2) is 6.89. The Bertz CT molecular complexity index is 375. The van der Waals surface area contributed by atoms with Crippen LogP contribution >= 0.6 is 0 Å². The van der Waals surface area contributed by atoms with E-state index in [-0.39, 0.29) is 37.2 Å². The van der Waals surface area contributed by atoms with Crippen LogP contribution < -0.4 is 21.3 Å². The van der Waals surface area contributed by atoms with Crippen molar-refractivity contribution in [3.8, 4) is 6.01 Å². The molecule has 0 saturated carbocycles. The van der Waals surface area contributed by atoms with Crippen LogP contribution in [0, 0.1) is 0 Å². The zero-order chi connectivity index (χ0) is 13.5. The number of aliphatic hydroxyl groups excluding tert-OH is 2.